The van der Waals surface area contributed by atoms with Gasteiger partial charge in [0.05, 0.1) is 12.6 Å². The van der Waals surface area contributed by atoms with Crippen LogP contribution in [-0.2, 0) is 16.0 Å². The molecule has 1 aromatic rings. The standard InChI is InChI=1S/C14H22N4O2/c1-3-12(15)14(20)17-10-13(19)18(2)9-7-11-6-4-5-8-16-11/h4-6,8,12H,3,7,9-10,15H2,1-2H3,(H,17,20)/t12-/m0/s1. The van der Waals surface area contributed by atoms with Crippen LogP contribution >= 0.6 is 0 Å². The van der Waals surface area contributed by atoms with Gasteiger partial charge in [-0.3, -0.25) is 14.6 Å². The zero-order valence-electron chi connectivity index (χ0n) is 12.0. The fraction of sp³-hybridized carbons (Fsp3) is 0.500. The Morgan fingerprint density at radius 2 is 2.20 bits per heavy atom. The Morgan fingerprint density at radius 1 is 1.45 bits per heavy atom. The molecule has 0 aliphatic carbocycles. The summed E-state index contributed by atoms with van der Waals surface area (Å²) in [7, 11) is 1.71. The van der Waals surface area contributed by atoms with Crippen LogP contribution in [0.4, 0.5) is 0 Å². The van der Waals surface area contributed by atoms with Crippen LogP contribution in [0.3, 0.4) is 0 Å². The maximum absolute atomic E-state index is 11.8. The van der Waals surface area contributed by atoms with Crippen LogP contribution in [0.1, 0.15) is 19.0 Å². The molecule has 0 saturated heterocycles. The molecule has 0 fully saturated rings. The van der Waals surface area contributed by atoms with Crippen LogP contribution in [0.2, 0.25) is 0 Å². The van der Waals surface area contributed by atoms with Gasteiger partial charge in [-0.25, -0.2) is 0 Å². The zero-order chi connectivity index (χ0) is 15.0. The van der Waals surface area contributed by atoms with E-state index in [1.807, 2.05) is 25.1 Å². The van der Waals surface area contributed by atoms with Gasteiger partial charge in [0, 0.05) is 31.9 Å². The largest absolute Gasteiger partial charge is 0.346 e. The summed E-state index contributed by atoms with van der Waals surface area (Å²) >= 11 is 0. The molecule has 1 atom stereocenters. The van der Waals surface area contributed by atoms with Crippen molar-refractivity contribution in [3.63, 3.8) is 0 Å². The molecular weight excluding hydrogens is 256 g/mol. The van der Waals surface area contributed by atoms with Crippen molar-refractivity contribution >= 4 is 11.8 Å². The van der Waals surface area contributed by atoms with Crippen molar-refractivity contribution in [1.29, 1.82) is 0 Å². The number of amides is 2. The van der Waals surface area contributed by atoms with Crippen LogP contribution in [0, 0.1) is 0 Å². The van der Waals surface area contributed by atoms with E-state index in [-0.39, 0.29) is 18.4 Å². The molecule has 0 aliphatic heterocycles. The summed E-state index contributed by atoms with van der Waals surface area (Å²) in [6, 6.07) is 5.13. The average molecular weight is 278 g/mol. The molecule has 0 radical (unpaired) electrons. The third-order valence-corrected chi connectivity index (χ3v) is 3.05. The van der Waals surface area contributed by atoms with Crippen molar-refractivity contribution in [2.24, 2.45) is 5.73 Å². The molecule has 6 heteroatoms. The Labute approximate surface area is 119 Å². The first-order valence-electron chi connectivity index (χ1n) is 6.71. The third kappa shape index (κ3) is 5.36. The number of carbonyl (C=O) groups excluding carboxylic acids is 2. The second-order valence-corrected chi connectivity index (χ2v) is 4.62. The summed E-state index contributed by atoms with van der Waals surface area (Å²) in [4.78, 5) is 29.1. The number of pyridine rings is 1. The number of rotatable bonds is 7. The molecular formula is C14H22N4O2. The van der Waals surface area contributed by atoms with E-state index in [1.54, 1.807) is 18.1 Å². The first-order valence-corrected chi connectivity index (χ1v) is 6.71. The minimum absolute atomic E-state index is 0.0226. The lowest BCUT2D eigenvalue weighted by Crippen LogP contribution is -2.45. The number of hydrogen-bond donors (Lipinski definition) is 2. The van der Waals surface area contributed by atoms with Gasteiger partial charge < -0.3 is 16.0 Å². The van der Waals surface area contributed by atoms with Crippen molar-refractivity contribution in [2.75, 3.05) is 20.1 Å². The molecule has 20 heavy (non-hydrogen) atoms. The number of hydrogen-bond acceptors (Lipinski definition) is 4. The predicted molar refractivity (Wildman–Crippen MR) is 76.9 cm³/mol. The average Bonchev–Trinajstić information content (AvgIpc) is 2.49. The Hall–Kier alpha value is -1.95. The van der Waals surface area contributed by atoms with Crippen LogP contribution < -0.4 is 11.1 Å². The topological polar surface area (TPSA) is 88.3 Å². The monoisotopic (exact) mass is 278 g/mol. The Morgan fingerprint density at radius 3 is 2.80 bits per heavy atom. The van der Waals surface area contributed by atoms with Gasteiger partial charge in [-0.2, -0.15) is 0 Å². The van der Waals surface area contributed by atoms with Gasteiger partial charge in [0.2, 0.25) is 11.8 Å². The van der Waals surface area contributed by atoms with E-state index in [0.717, 1.165) is 5.69 Å². The first-order chi connectivity index (χ1) is 9.54. The second kappa shape index (κ2) is 8.27. The highest BCUT2D eigenvalue weighted by Crippen LogP contribution is 1.96. The molecule has 0 aliphatic rings. The number of nitrogens with zero attached hydrogens (tertiary/aromatic N) is 2. The van der Waals surface area contributed by atoms with E-state index < -0.39 is 6.04 Å². The maximum Gasteiger partial charge on any atom is 0.241 e. The van der Waals surface area contributed by atoms with Crippen LogP contribution in [0.25, 0.3) is 0 Å². The summed E-state index contributed by atoms with van der Waals surface area (Å²) in [5.74, 6) is -0.434. The molecule has 0 spiro atoms. The summed E-state index contributed by atoms with van der Waals surface area (Å²) in [6.45, 7) is 2.36. The summed E-state index contributed by atoms with van der Waals surface area (Å²) in [5.41, 5.74) is 6.50. The van der Waals surface area contributed by atoms with Crippen molar-refractivity contribution in [3.8, 4) is 0 Å². The lowest BCUT2D eigenvalue weighted by atomic mass is 10.2. The van der Waals surface area contributed by atoms with Crippen molar-refractivity contribution in [1.82, 2.24) is 15.2 Å². The minimum atomic E-state index is -0.554. The van der Waals surface area contributed by atoms with Gasteiger partial charge in [0.25, 0.3) is 0 Å². The number of aromatic nitrogens is 1. The Bertz CT molecular complexity index is 436. The molecule has 0 saturated carbocycles. The fourth-order valence-electron chi connectivity index (χ4n) is 1.57. The quantitative estimate of drug-likeness (QED) is 0.731. The van der Waals surface area contributed by atoms with Gasteiger partial charge in [-0.05, 0) is 18.6 Å². The number of likely N-dealkylation sites (N-methyl/N-ethyl adjacent to an activating group) is 1. The lowest BCUT2D eigenvalue weighted by Gasteiger charge is -2.18. The third-order valence-electron chi connectivity index (χ3n) is 3.05. The van der Waals surface area contributed by atoms with Crippen molar-refractivity contribution in [2.45, 2.75) is 25.8 Å². The fourth-order valence-corrected chi connectivity index (χ4v) is 1.57. The summed E-state index contributed by atoms with van der Waals surface area (Å²) in [5, 5.41) is 2.54. The normalized spacial score (nSPS) is 11.8. The van der Waals surface area contributed by atoms with E-state index in [4.69, 9.17) is 5.73 Å². The Balaban J connectivity index is 2.31. The lowest BCUT2D eigenvalue weighted by molar-refractivity contribution is -0.132. The molecule has 110 valence electrons. The second-order valence-electron chi connectivity index (χ2n) is 4.62. The molecule has 1 rings (SSSR count). The summed E-state index contributed by atoms with van der Waals surface area (Å²) in [6.07, 6.45) is 2.96. The number of nitrogens with one attached hydrogen (secondary N) is 1. The van der Waals surface area contributed by atoms with E-state index >= 15 is 0 Å². The van der Waals surface area contributed by atoms with Crippen LogP contribution in [-0.4, -0.2) is 47.9 Å². The van der Waals surface area contributed by atoms with Gasteiger partial charge in [0.1, 0.15) is 0 Å². The number of nitrogens with two attached hydrogens (primary N) is 1. The van der Waals surface area contributed by atoms with Crippen molar-refractivity contribution < 1.29 is 9.59 Å². The van der Waals surface area contributed by atoms with E-state index in [1.165, 1.54) is 0 Å². The molecule has 0 aromatic carbocycles. The van der Waals surface area contributed by atoms with Gasteiger partial charge in [-0.1, -0.05) is 13.0 Å². The number of carbonyl (C=O) groups is 2. The van der Waals surface area contributed by atoms with E-state index in [0.29, 0.717) is 19.4 Å². The highest BCUT2D eigenvalue weighted by atomic mass is 16.2. The van der Waals surface area contributed by atoms with Gasteiger partial charge in [-0.15, -0.1) is 0 Å². The summed E-state index contributed by atoms with van der Waals surface area (Å²) < 4.78 is 0. The highest BCUT2D eigenvalue weighted by molar-refractivity contribution is 5.87. The molecule has 3 N–H and O–H groups in total. The molecule has 1 aromatic heterocycles. The van der Waals surface area contributed by atoms with Crippen LogP contribution in [0.5, 0.6) is 0 Å². The van der Waals surface area contributed by atoms with Crippen molar-refractivity contribution in [3.05, 3.63) is 30.1 Å². The van der Waals surface area contributed by atoms with Gasteiger partial charge >= 0.3 is 0 Å². The maximum atomic E-state index is 11.8. The zero-order valence-corrected chi connectivity index (χ0v) is 12.0. The molecule has 6 nitrogen and oxygen atoms in total. The SMILES string of the molecule is CC[C@H](N)C(=O)NCC(=O)N(C)CCc1ccccn1. The highest BCUT2D eigenvalue weighted by Gasteiger charge is 2.14. The Kier molecular flexibility index (Phi) is 6.66. The molecule has 1 heterocycles. The smallest absolute Gasteiger partial charge is 0.241 e. The molecule has 0 bridgehead atoms. The van der Waals surface area contributed by atoms with E-state index in [2.05, 4.69) is 10.3 Å². The predicted octanol–water partition coefficient (Wildman–Crippen LogP) is -0.0640. The van der Waals surface area contributed by atoms with Crippen LogP contribution in [0.15, 0.2) is 24.4 Å². The first kappa shape index (κ1) is 16.1. The molecule has 0 unspecified atom stereocenters. The molecule has 2 amide bonds. The van der Waals surface area contributed by atoms with E-state index in [9.17, 15) is 9.59 Å². The van der Waals surface area contributed by atoms with Gasteiger partial charge in [0.15, 0.2) is 0 Å². The minimum Gasteiger partial charge on any atom is -0.346 e.